The molecule has 4 heterocycles. The molecular weight excluding hydrogens is 487 g/mol. The summed E-state index contributed by atoms with van der Waals surface area (Å²) in [5, 5.41) is 12.4. The Morgan fingerprint density at radius 3 is 2.64 bits per heavy atom. The second-order valence-electron chi connectivity index (χ2n) is 10.5. The summed E-state index contributed by atoms with van der Waals surface area (Å²) < 4.78 is 13.5. The highest BCUT2D eigenvalue weighted by molar-refractivity contribution is 6.00. The first kappa shape index (κ1) is 23.7. The van der Waals surface area contributed by atoms with Gasteiger partial charge in [-0.15, -0.1) is 0 Å². The average molecular weight is 517 g/mol. The third kappa shape index (κ3) is 4.70. The third-order valence-electron chi connectivity index (χ3n) is 7.81. The molecule has 3 N–H and O–H groups in total. The Hall–Kier alpha value is -4.36. The Bertz CT molecular complexity index is 1760. The molecule has 194 valence electrons. The highest BCUT2D eigenvalue weighted by Crippen LogP contribution is 2.34. The van der Waals surface area contributed by atoms with Gasteiger partial charge in [0.15, 0.2) is 0 Å². The van der Waals surface area contributed by atoms with Crippen LogP contribution in [0.25, 0.3) is 55.7 Å². The molecule has 7 rings (SSSR count). The molecule has 1 aliphatic rings. The van der Waals surface area contributed by atoms with E-state index in [2.05, 4.69) is 43.7 Å². The van der Waals surface area contributed by atoms with E-state index in [-0.39, 0.29) is 5.82 Å². The normalized spacial score (nSPS) is 14.1. The van der Waals surface area contributed by atoms with Crippen LogP contribution in [0, 0.1) is 11.7 Å². The van der Waals surface area contributed by atoms with Gasteiger partial charge in [0.1, 0.15) is 17.0 Å². The number of aromatic nitrogens is 5. The fourth-order valence-corrected chi connectivity index (χ4v) is 5.77. The van der Waals surface area contributed by atoms with Crippen molar-refractivity contribution in [2.75, 3.05) is 6.54 Å². The van der Waals surface area contributed by atoms with Gasteiger partial charge in [0.25, 0.3) is 0 Å². The fraction of sp³-hybridized carbons (Fsp3) is 0.219. The lowest BCUT2D eigenvalue weighted by Gasteiger charge is -2.11. The number of nitrogens with one attached hydrogen (secondary N) is 3. The molecule has 2 aromatic carbocycles. The van der Waals surface area contributed by atoms with Crippen LogP contribution in [-0.2, 0) is 6.54 Å². The first-order valence-electron chi connectivity index (χ1n) is 13.6. The number of hydrogen-bond acceptors (Lipinski definition) is 4. The molecule has 0 amide bonds. The molecule has 7 heteroatoms. The number of hydrogen-bond donors (Lipinski definition) is 3. The molecule has 0 atom stereocenters. The van der Waals surface area contributed by atoms with Gasteiger partial charge < -0.3 is 10.3 Å². The van der Waals surface area contributed by atoms with E-state index in [1.54, 1.807) is 12.1 Å². The van der Waals surface area contributed by atoms with E-state index < -0.39 is 0 Å². The van der Waals surface area contributed by atoms with E-state index in [0.717, 1.165) is 80.3 Å². The summed E-state index contributed by atoms with van der Waals surface area (Å²) in [6.45, 7) is 1.88. The van der Waals surface area contributed by atoms with Gasteiger partial charge >= 0.3 is 0 Å². The van der Waals surface area contributed by atoms with Crippen molar-refractivity contribution in [3.05, 3.63) is 90.5 Å². The summed E-state index contributed by atoms with van der Waals surface area (Å²) in [6, 6.07) is 21.0. The molecule has 0 bridgehead atoms. The van der Waals surface area contributed by atoms with E-state index >= 15 is 0 Å². The van der Waals surface area contributed by atoms with Gasteiger partial charge in [0.05, 0.1) is 16.9 Å². The predicted molar refractivity (Wildman–Crippen MR) is 153 cm³/mol. The zero-order valence-corrected chi connectivity index (χ0v) is 21.5. The number of aromatic amines is 2. The molecule has 4 aromatic heterocycles. The topological polar surface area (TPSA) is 82.3 Å². The number of rotatable bonds is 7. The Kier molecular flexibility index (Phi) is 6.13. The monoisotopic (exact) mass is 516 g/mol. The van der Waals surface area contributed by atoms with Crippen molar-refractivity contribution < 1.29 is 4.39 Å². The molecule has 1 fully saturated rings. The molecule has 1 aliphatic carbocycles. The van der Waals surface area contributed by atoms with Crippen molar-refractivity contribution >= 4 is 21.9 Å². The summed E-state index contributed by atoms with van der Waals surface area (Å²) in [7, 11) is 0. The molecule has 0 spiro atoms. The maximum absolute atomic E-state index is 13.5. The quantitative estimate of drug-likeness (QED) is 0.209. The van der Waals surface area contributed by atoms with Crippen molar-refractivity contribution in [3.63, 3.8) is 0 Å². The minimum Gasteiger partial charge on any atom is -0.353 e. The summed E-state index contributed by atoms with van der Waals surface area (Å²) in [5.74, 6) is 0.563. The van der Waals surface area contributed by atoms with E-state index in [9.17, 15) is 4.39 Å². The molecule has 6 nitrogen and oxygen atoms in total. The number of fused-ring (bicyclic) bond motifs is 2. The Morgan fingerprint density at radius 2 is 1.77 bits per heavy atom. The van der Waals surface area contributed by atoms with Crippen molar-refractivity contribution in [1.82, 2.24) is 30.5 Å². The maximum Gasteiger partial charge on any atom is 0.135 e. The van der Waals surface area contributed by atoms with Crippen molar-refractivity contribution in [1.29, 1.82) is 0 Å². The zero-order valence-electron chi connectivity index (χ0n) is 21.5. The number of H-pyrrole nitrogens is 2. The van der Waals surface area contributed by atoms with Crippen LogP contribution in [0.1, 0.15) is 31.2 Å². The van der Waals surface area contributed by atoms with Crippen LogP contribution >= 0.6 is 0 Å². The van der Waals surface area contributed by atoms with Crippen LogP contribution in [0.15, 0.2) is 79.1 Å². The number of pyridine rings is 2. The van der Waals surface area contributed by atoms with Crippen molar-refractivity contribution in [2.24, 2.45) is 5.92 Å². The van der Waals surface area contributed by atoms with Gasteiger partial charge in [0, 0.05) is 35.4 Å². The van der Waals surface area contributed by atoms with E-state index in [1.165, 1.54) is 37.8 Å². The van der Waals surface area contributed by atoms with Crippen molar-refractivity contribution in [3.8, 4) is 33.8 Å². The second-order valence-corrected chi connectivity index (χ2v) is 10.5. The standard InChI is InChI=1S/C32H29FN6/c33-24-10-8-22(9-11-24)25-6-3-7-28-26(25)15-30(36-28)32-31-29(38-39-32)13-12-27(37-31)23-14-21(18-35-19-23)17-34-16-20-4-1-2-5-20/h3,6-15,18-20,34,36H,1-2,4-5,16-17H2,(H,38,39). The SMILES string of the molecule is Fc1ccc(-c2cccc3[nH]c(-c4n[nH]c5ccc(-c6cncc(CNCC7CCCC7)c6)nc45)cc23)cc1. The lowest BCUT2D eigenvalue weighted by Crippen LogP contribution is -2.20. The number of halogens is 1. The van der Waals surface area contributed by atoms with Crippen LogP contribution in [0.2, 0.25) is 0 Å². The number of benzene rings is 2. The summed E-state index contributed by atoms with van der Waals surface area (Å²) in [4.78, 5) is 13.0. The lowest BCUT2D eigenvalue weighted by atomic mass is 10.0. The highest BCUT2D eigenvalue weighted by atomic mass is 19.1. The molecule has 39 heavy (non-hydrogen) atoms. The van der Waals surface area contributed by atoms with Crippen LogP contribution in [0.3, 0.4) is 0 Å². The third-order valence-corrected chi connectivity index (χ3v) is 7.81. The first-order valence-corrected chi connectivity index (χ1v) is 13.6. The molecule has 0 radical (unpaired) electrons. The van der Waals surface area contributed by atoms with Crippen LogP contribution in [-0.4, -0.2) is 31.7 Å². The minimum atomic E-state index is -0.244. The Balaban J connectivity index is 1.20. The molecule has 0 saturated heterocycles. The van der Waals surface area contributed by atoms with Crippen LogP contribution in [0.4, 0.5) is 4.39 Å². The first-order chi connectivity index (χ1) is 19.2. The highest BCUT2D eigenvalue weighted by Gasteiger charge is 2.16. The van der Waals surface area contributed by atoms with Gasteiger partial charge in [-0.1, -0.05) is 37.1 Å². The van der Waals surface area contributed by atoms with Crippen molar-refractivity contribution in [2.45, 2.75) is 32.2 Å². The van der Waals surface area contributed by atoms with Gasteiger partial charge in [-0.05, 0) is 84.5 Å². The number of nitrogens with zero attached hydrogens (tertiary/aromatic N) is 3. The van der Waals surface area contributed by atoms with Gasteiger partial charge in [-0.3, -0.25) is 10.1 Å². The van der Waals surface area contributed by atoms with E-state index in [0.29, 0.717) is 0 Å². The van der Waals surface area contributed by atoms with Gasteiger partial charge in [0.2, 0.25) is 0 Å². The Morgan fingerprint density at radius 1 is 0.897 bits per heavy atom. The Labute approximate surface area is 225 Å². The van der Waals surface area contributed by atoms with Gasteiger partial charge in [-0.2, -0.15) is 5.10 Å². The van der Waals surface area contributed by atoms with Crippen LogP contribution in [0.5, 0.6) is 0 Å². The molecular formula is C32H29FN6. The summed E-state index contributed by atoms with van der Waals surface area (Å²) in [6.07, 6.45) is 9.20. The summed E-state index contributed by atoms with van der Waals surface area (Å²) >= 11 is 0. The largest absolute Gasteiger partial charge is 0.353 e. The predicted octanol–water partition coefficient (Wildman–Crippen LogP) is 7.25. The van der Waals surface area contributed by atoms with Gasteiger partial charge in [-0.25, -0.2) is 9.37 Å². The average Bonchev–Trinajstić information content (AvgIpc) is 3.73. The van der Waals surface area contributed by atoms with E-state index in [4.69, 9.17) is 4.98 Å². The zero-order chi connectivity index (χ0) is 26.2. The fourth-order valence-electron chi connectivity index (χ4n) is 5.77. The lowest BCUT2D eigenvalue weighted by molar-refractivity contribution is 0.489. The van der Waals surface area contributed by atoms with E-state index in [1.807, 2.05) is 36.7 Å². The molecule has 6 aromatic rings. The molecule has 0 aliphatic heterocycles. The summed E-state index contributed by atoms with van der Waals surface area (Å²) in [5.41, 5.74) is 9.29. The van der Waals surface area contributed by atoms with Crippen LogP contribution < -0.4 is 5.32 Å². The minimum absolute atomic E-state index is 0.244. The molecule has 1 saturated carbocycles. The smallest absolute Gasteiger partial charge is 0.135 e. The second kappa shape index (κ2) is 10.1. The molecule has 0 unspecified atom stereocenters. The maximum atomic E-state index is 13.5.